The summed E-state index contributed by atoms with van der Waals surface area (Å²) in [6.45, 7) is 5.41. The molecular formula is C90H129N23O20S. The predicted octanol–water partition coefficient (Wildman–Crippen LogP) is -3.45. The Morgan fingerprint density at radius 2 is 1.08 bits per heavy atom. The molecule has 0 aliphatic carbocycles. The third-order valence-corrected chi connectivity index (χ3v) is 25.3. The molecule has 0 bridgehead atoms. The van der Waals surface area contributed by atoms with Crippen LogP contribution in [-0.2, 0) is 101 Å². The summed E-state index contributed by atoms with van der Waals surface area (Å²) < 4.78 is 0. The molecule has 2 aromatic heterocycles. The van der Waals surface area contributed by atoms with E-state index in [0.29, 0.717) is 64.2 Å². The number of amides is 17. The fourth-order valence-corrected chi connectivity index (χ4v) is 17.6. The Labute approximate surface area is 779 Å². The molecule has 5 heterocycles. The first-order chi connectivity index (χ1) is 63.7. The molecule has 3 saturated heterocycles. The summed E-state index contributed by atoms with van der Waals surface area (Å²) in [6.07, 6.45) is 0.657. The van der Waals surface area contributed by atoms with Crippen molar-refractivity contribution in [2.75, 3.05) is 72.0 Å². The molecule has 3 fully saturated rings. The number of hydrogen-bond acceptors (Lipinski definition) is 23. The van der Waals surface area contributed by atoms with E-state index in [4.69, 9.17) is 34.1 Å². The normalized spacial score (nSPS) is 24.9. The number of Topliss-reactive ketones (excluding diaryl/α,β-unsaturated/α-hetero) is 1. The average Bonchev–Trinajstić information content (AvgIpc) is 1.62. The van der Waals surface area contributed by atoms with Crippen LogP contribution in [0, 0.1) is 17.2 Å². The number of hydrogen-bond donors (Lipinski definition) is 20. The lowest BCUT2D eigenvalue weighted by atomic mass is 9.95. The fraction of sp³-hybridized carbons (Fsp3) is 0.544. The van der Waals surface area contributed by atoms with Crippen molar-refractivity contribution in [3.05, 3.63) is 107 Å². The van der Waals surface area contributed by atoms with Gasteiger partial charge in [-0.05, 0) is 98.7 Å². The highest BCUT2D eigenvalue weighted by Gasteiger charge is 2.47. The van der Waals surface area contributed by atoms with E-state index in [9.17, 15) is 58.2 Å². The molecule has 25 N–H and O–H groups in total. The van der Waals surface area contributed by atoms with Crippen molar-refractivity contribution in [3.63, 3.8) is 0 Å². The van der Waals surface area contributed by atoms with Crippen molar-refractivity contribution in [1.29, 1.82) is 5.41 Å². The van der Waals surface area contributed by atoms with Crippen LogP contribution in [0.3, 0.4) is 0 Å². The largest absolute Gasteiger partial charge is 0.394 e. The summed E-state index contributed by atoms with van der Waals surface area (Å²) in [5, 5.41) is 57.9. The molecule has 0 unspecified atom stereocenters. The molecule has 3 aromatic carbocycles. The van der Waals surface area contributed by atoms with E-state index >= 15 is 38.4 Å². The number of thioether (sulfide) groups is 1. The number of benzene rings is 3. The maximum Gasteiger partial charge on any atom is 0.248 e. The lowest BCUT2D eigenvalue weighted by molar-refractivity contribution is -0.149. The number of ketones is 1. The zero-order valence-electron chi connectivity index (χ0n) is 76.8. The Hall–Kier alpha value is -13.1. The monoisotopic (exact) mass is 1880 g/mol. The molecule has 0 spiro atoms. The van der Waals surface area contributed by atoms with Crippen LogP contribution in [0.15, 0.2) is 85.2 Å². The number of H-pyrrole nitrogens is 2. The van der Waals surface area contributed by atoms with E-state index in [1.165, 1.54) is 52.3 Å². The number of nitrogens with zero attached hydrogens (tertiary/aromatic N) is 5. The SMILES string of the molecule is CCCC[C@H]1C(=O)N(C)[C@@H](CCCC)C(=O)N[C@@H](CCCNC(=N)N)C(=O)C[C@H](C(=O)NCC(N)=O)CSCC(=O)N[C@@H](Cc2ccc(C(N)=O)cc2)C(=O)N(C)[C@@H](C)C(=O)N[C@@H](CC(N)=O)C(=O)N2CCC[C@H]2C(=O)N[C@@H](CN)C(=O)N[C@@H](CC(C)C)C(=O)N2C[C@H](O)C[C@H]2C(=O)N[C@@H](Cc2c[nH]c3ccccc23)C(=O)N[C@@H](CO)C(=O)N[C@@H](Cc2c[nH]c3ccccc23)C(=O)N1C. The number of primary amides is 3. The van der Waals surface area contributed by atoms with Gasteiger partial charge >= 0.3 is 0 Å². The van der Waals surface area contributed by atoms with Gasteiger partial charge in [-0.2, -0.15) is 11.8 Å². The van der Waals surface area contributed by atoms with E-state index in [2.05, 4.69) is 63.1 Å². The lowest BCUT2D eigenvalue weighted by Crippen LogP contribution is -2.62. The van der Waals surface area contributed by atoms with Gasteiger partial charge in [0.2, 0.25) is 100 Å². The van der Waals surface area contributed by atoms with Gasteiger partial charge in [-0.25, -0.2) is 0 Å². The van der Waals surface area contributed by atoms with Crippen LogP contribution in [0.1, 0.15) is 152 Å². The van der Waals surface area contributed by atoms with E-state index in [0.717, 1.165) is 36.3 Å². The van der Waals surface area contributed by atoms with Gasteiger partial charge in [0, 0.05) is 125 Å². The number of aliphatic hydroxyl groups is 2. The van der Waals surface area contributed by atoms with E-state index in [1.54, 1.807) is 74.8 Å². The van der Waals surface area contributed by atoms with Crippen molar-refractivity contribution in [2.24, 2.45) is 40.5 Å². The molecule has 3 aliphatic rings. The van der Waals surface area contributed by atoms with Gasteiger partial charge in [-0.1, -0.05) is 102 Å². The third-order valence-electron chi connectivity index (χ3n) is 24.2. The lowest BCUT2D eigenvalue weighted by Gasteiger charge is -2.36. The molecule has 134 heavy (non-hydrogen) atoms. The number of carbonyl (C=O) groups excluding carboxylic acids is 18. The molecule has 0 saturated carbocycles. The number of nitrogens with two attached hydrogens (primary N) is 5. The summed E-state index contributed by atoms with van der Waals surface area (Å²) >= 11 is 0.806. The topological polar surface area (TPSA) is 670 Å². The fourth-order valence-electron chi connectivity index (χ4n) is 16.6. The van der Waals surface area contributed by atoms with Crippen LogP contribution in [0.25, 0.3) is 21.8 Å². The first kappa shape index (κ1) is 106. The Bertz CT molecular complexity index is 5070. The van der Waals surface area contributed by atoms with Gasteiger partial charge in [0.1, 0.15) is 72.5 Å². The minimum Gasteiger partial charge on any atom is -0.394 e. The Balaban J connectivity index is 1.19. The van der Waals surface area contributed by atoms with Gasteiger partial charge in [-0.3, -0.25) is 91.7 Å². The number of guanidine groups is 1. The molecule has 0 radical (unpaired) electrons. The summed E-state index contributed by atoms with van der Waals surface area (Å²) in [5.74, 6) is -19.7. The zero-order valence-corrected chi connectivity index (χ0v) is 77.6. The predicted molar refractivity (Wildman–Crippen MR) is 495 cm³/mol. The van der Waals surface area contributed by atoms with Gasteiger partial charge in [-0.15, -0.1) is 0 Å². The van der Waals surface area contributed by atoms with Crippen molar-refractivity contribution in [1.82, 2.24) is 87.6 Å². The number of aliphatic hydroxyl groups excluding tert-OH is 2. The van der Waals surface area contributed by atoms with Crippen molar-refractivity contribution >= 4 is 146 Å². The van der Waals surface area contributed by atoms with Crippen LogP contribution in [0.5, 0.6) is 0 Å². The summed E-state index contributed by atoms with van der Waals surface area (Å²) in [5.41, 5.74) is 31.2. The van der Waals surface area contributed by atoms with Crippen LogP contribution in [0.4, 0.5) is 0 Å². The van der Waals surface area contributed by atoms with Crippen molar-refractivity contribution < 1.29 is 96.5 Å². The van der Waals surface area contributed by atoms with Gasteiger partial charge in [0.15, 0.2) is 11.7 Å². The number of rotatable bonds is 26. The Kier molecular flexibility index (Phi) is 40.2. The Morgan fingerprint density at radius 1 is 0.552 bits per heavy atom. The number of nitrogens with one attached hydrogen (secondary N) is 13. The molecule has 17 amide bonds. The van der Waals surface area contributed by atoms with Crippen molar-refractivity contribution in [3.8, 4) is 0 Å². The highest BCUT2D eigenvalue weighted by Crippen LogP contribution is 2.28. The number of para-hydroxylation sites is 2. The molecule has 5 aromatic rings. The highest BCUT2D eigenvalue weighted by atomic mass is 32.2. The molecule has 3 aliphatic heterocycles. The highest BCUT2D eigenvalue weighted by molar-refractivity contribution is 7.99. The third kappa shape index (κ3) is 29.4. The minimum absolute atomic E-state index is 0.00518. The average molecular weight is 1890 g/mol. The van der Waals surface area contributed by atoms with Crippen molar-refractivity contribution in [2.45, 2.75) is 228 Å². The maximum absolute atomic E-state index is 15.7. The van der Waals surface area contributed by atoms with E-state index in [-0.39, 0.29) is 94.5 Å². The minimum atomic E-state index is -1.89. The van der Waals surface area contributed by atoms with Gasteiger partial charge < -0.3 is 127 Å². The Morgan fingerprint density at radius 3 is 1.67 bits per heavy atom. The van der Waals surface area contributed by atoms with Crippen LogP contribution in [0.2, 0.25) is 0 Å². The van der Waals surface area contributed by atoms with Crippen LogP contribution in [-0.4, -0.2) is 313 Å². The van der Waals surface area contributed by atoms with Gasteiger partial charge in [0.25, 0.3) is 0 Å². The molecule has 8 rings (SSSR count). The standard InChI is InChI=1S/C90H129N23O20S/c1-9-11-24-68-82(126)102-60(23-17-31-97-90(95)96)72(116)37-54(78(122)100-43-74(93)118)46-134-47-75(119)101-63(34-50-27-29-51(30-28-50)76(94)120)85(129)109(6)49(5)77(121)104-65(39-73(92)117)87(131)112-32-18-26-69(112)83(127)107-66(40-91)80(124)105-62(33-48(3)4)88(132)113-44-55(115)38-71(113)84(128)103-61(35-52-41-98-58-21-15-13-19-56(52)58)79(123)108-67(45-114)81(125)106-64(36-53-42-99-59-22-16-14-20-57(53)59)86(130)111(8)70(25-12-10-2)89(133)110(68)7/h13-16,19-22,27-30,41-42,48-49,54-55,60-71,98-99,114-115H,9-12,17-18,23-26,31-40,43-47,91H2,1-8H3,(H2,92,117)(H2,93,118)(H2,94,120)(H,100,122)(H,101,119)(H,102,126)(H,103,128)(H,104,121)(H,105,124)(H,106,125)(H,107,127)(H,108,123)(H4,95,96,97)/t49-,54-,55+,60-,61-,62-,63-,64-,65-,66-,67-,68-,69-,70-,71-/m0/s1. The summed E-state index contributed by atoms with van der Waals surface area (Å²) in [4.78, 5) is 273. The van der Waals surface area contributed by atoms with Crippen LogP contribution >= 0.6 is 11.8 Å². The van der Waals surface area contributed by atoms with E-state index < -0.39 is 254 Å². The second-order valence-electron chi connectivity index (χ2n) is 34.6. The second kappa shape index (κ2) is 50.7. The molecule has 44 heteroatoms. The summed E-state index contributed by atoms with van der Waals surface area (Å²) in [6, 6.07) is -0.527. The summed E-state index contributed by atoms with van der Waals surface area (Å²) in [7, 11) is 3.90. The number of aromatic amines is 2. The molecular weight excluding hydrogens is 1760 g/mol. The second-order valence-corrected chi connectivity index (χ2v) is 35.7. The van der Waals surface area contributed by atoms with Gasteiger partial charge in [0.05, 0.1) is 43.4 Å². The maximum atomic E-state index is 15.7. The number of fused-ring (bicyclic) bond motifs is 4. The first-order valence-corrected chi connectivity index (χ1v) is 46.2. The number of carbonyl (C=O) groups is 18. The number of aromatic nitrogens is 2. The number of likely N-dealkylation sites (N-methyl/N-ethyl adjacent to an activating group) is 3. The molecule has 730 valence electrons. The quantitative estimate of drug-likeness (QED) is 0.0145. The van der Waals surface area contributed by atoms with E-state index in [1.807, 2.05) is 13.8 Å². The number of unbranched alkanes of at least 4 members (excludes halogenated alkanes) is 2. The smallest absolute Gasteiger partial charge is 0.248 e. The van der Waals surface area contributed by atoms with Crippen LogP contribution < -0.4 is 81.8 Å². The molecule has 43 nitrogen and oxygen atoms in total. The zero-order chi connectivity index (χ0) is 98.5. The molecule has 15 atom stereocenters. The first-order valence-electron chi connectivity index (χ1n) is 45.0.